The quantitative estimate of drug-likeness (QED) is 0.0146. The van der Waals surface area contributed by atoms with Gasteiger partial charge in [0.1, 0.15) is 25.4 Å². The summed E-state index contributed by atoms with van der Waals surface area (Å²) >= 11 is 0. The van der Waals surface area contributed by atoms with Gasteiger partial charge in [0.05, 0.1) is 26.4 Å². The second-order valence-corrected chi connectivity index (χ2v) is 25.8. The second-order valence-electron chi connectivity index (χ2n) is 22.9. The molecule has 0 aliphatic carbocycles. The molecular formula is C73H124O16P2. The number of esters is 3. The molecule has 0 rings (SSSR count). The molecule has 0 bridgehead atoms. The van der Waals surface area contributed by atoms with E-state index in [9.17, 15) is 43.5 Å². The highest BCUT2D eigenvalue weighted by atomic mass is 31.2. The van der Waals surface area contributed by atoms with Gasteiger partial charge in [-0.3, -0.25) is 32.5 Å². The molecule has 91 heavy (non-hydrogen) atoms. The molecule has 0 aromatic heterocycles. The third-order valence-electron chi connectivity index (χ3n) is 14.2. The summed E-state index contributed by atoms with van der Waals surface area (Å²) in [5, 5.41) is 20.6. The van der Waals surface area contributed by atoms with Crippen molar-refractivity contribution in [3.8, 4) is 0 Å². The number of aliphatic hydroxyl groups excluding tert-OH is 2. The number of aliphatic hydroxyl groups is 2. The first-order valence-corrected chi connectivity index (χ1v) is 37.8. The fraction of sp³-hybridized carbons (Fsp3) is 0.685. The summed E-state index contributed by atoms with van der Waals surface area (Å²) in [6.07, 6.45) is 75.5. The fourth-order valence-electron chi connectivity index (χ4n) is 8.93. The Balaban J connectivity index is 4.59. The summed E-state index contributed by atoms with van der Waals surface area (Å²) in [4.78, 5) is 58.3. The van der Waals surface area contributed by atoms with Gasteiger partial charge in [0.15, 0.2) is 6.10 Å². The van der Waals surface area contributed by atoms with E-state index >= 15 is 0 Å². The molecule has 0 saturated carbocycles. The lowest BCUT2D eigenvalue weighted by Gasteiger charge is -2.21. The molecule has 0 saturated heterocycles. The van der Waals surface area contributed by atoms with Crippen LogP contribution >= 0.6 is 15.6 Å². The number of rotatable bonds is 65. The van der Waals surface area contributed by atoms with Crippen LogP contribution in [0.2, 0.25) is 0 Å². The van der Waals surface area contributed by atoms with E-state index in [1.165, 1.54) is 77.0 Å². The minimum atomic E-state index is -4.93. The maximum atomic E-state index is 12.9. The van der Waals surface area contributed by atoms with E-state index in [1.54, 1.807) is 0 Å². The van der Waals surface area contributed by atoms with Crippen molar-refractivity contribution in [3.63, 3.8) is 0 Å². The van der Waals surface area contributed by atoms with Crippen LogP contribution in [0.4, 0.5) is 0 Å². The van der Waals surface area contributed by atoms with Crippen molar-refractivity contribution in [1.82, 2.24) is 0 Å². The zero-order chi connectivity index (χ0) is 66.7. The smallest absolute Gasteiger partial charge is 0.463 e. The van der Waals surface area contributed by atoms with E-state index in [1.807, 2.05) is 12.2 Å². The first-order chi connectivity index (χ1) is 44.2. The van der Waals surface area contributed by atoms with Gasteiger partial charge < -0.3 is 34.2 Å². The Morgan fingerprint density at radius 1 is 0.319 bits per heavy atom. The third-order valence-corrected chi connectivity index (χ3v) is 16.1. The van der Waals surface area contributed by atoms with E-state index in [4.69, 9.17) is 32.3 Å². The summed E-state index contributed by atoms with van der Waals surface area (Å²) in [7, 11) is -9.79. The monoisotopic (exact) mass is 1320 g/mol. The van der Waals surface area contributed by atoms with Crippen LogP contribution in [0, 0.1) is 0 Å². The van der Waals surface area contributed by atoms with Gasteiger partial charge in [-0.25, -0.2) is 9.13 Å². The summed E-state index contributed by atoms with van der Waals surface area (Å²) in [6, 6.07) is 0. The Morgan fingerprint density at radius 2 is 0.593 bits per heavy atom. The van der Waals surface area contributed by atoms with E-state index in [2.05, 4.69) is 130 Å². The van der Waals surface area contributed by atoms with Gasteiger partial charge in [-0.1, -0.05) is 264 Å². The topological polar surface area (TPSA) is 231 Å². The number of unbranched alkanes of at least 4 members (excludes halogenated alkanes) is 22. The van der Waals surface area contributed by atoms with Gasteiger partial charge in [-0.15, -0.1) is 0 Å². The normalized spacial score (nSPS) is 14.9. The average molecular weight is 1320 g/mol. The number of phosphoric acid groups is 2. The van der Waals surface area contributed by atoms with Gasteiger partial charge >= 0.3 is 33.6 Å². The number of hydrogen-bond acceptors (Lipinski definition) is 14. The van der Waals surface area contributed by atoms with Gasteiger partial charge in [0.2, 0.25) is 0 Å². The first-order valence-electron chi connectivity index (χ1n) is 34.8. The van der Waals surface area contributed by atoms with Crippen molar-refractivity contribution >= 4 is 33.6 Å². The maximum Gasteiger partial charge on any atom is 0.472 e. The van der Waals surface area contributed by atoms with Crippen LogP contribution < -0.4 is 0 Å². The lowest BCUT2D eigenvalue weighted by atomic mass is 10.0. The van der Waals surface area contributed by atoms with Crippen LogP contribution in [0.15, 0.2) is 122 Å². The van der Waals surface area contributed by atoms with Crippen molar-refractivity contribution in [2.45, 2.75) is 283 Å². The highest BCUT2D eigenvalue weighted by Crippen LogP contribution is 2.45. The Morgan fingerprint density at radius 3 is 0.967 bits per heavy atom. The van der Waals surface area contributed by atoms with Gasteiger partial charge in [0.25, 0.3) is 0 Å². The highest BCUT2D eigenvalue weighted by Gasteiger charge is 2.29. The molecule has 0 aliphatic heterocycles. The molecule has 0 amide bonds. The molecule has 0 heterocycles. The molecule has 0 aliphatic rings. The van der Waals surface area contributed by atoms with E-state index < -0.39 is 91.5 Å². The Kier molecular flexibility index (Phi) is 63.1. The summed E-state index contributed by atoms with van der Waals surface area (Å²) in [5.74, 6) is -1.65. The van der Waals surface area contributed by atoms with Gasteiger partial charge in [-0.05, 0) is 103 Å². The minimum Gasteiger partial charge on any atom is -0.463 e. The van der Waals surface area contributed by atoms with Crippen LogP contribution in [0.3, 0.4) is 0 Å². The lowest BCUT2D eigenvalue weighted by molar-refractivity contribution is -0.161. The number of carbonyl (C=O) groups is 3. The molecule has 5 unspecified atom stereocenters. The Labute approximate surface area is 551 Å². The van der Waals surface area contributed by atoms with Gasteiger partial charge in [0, 0.05) is 19.3 Å². The number of phosphoric ester groups is 2. The zero-order valence-electron chi connectivity index (χ0n) is 56.5. The summed E-state index contributed by atoms with van der Waals surface area (Å²) in [6.45, 7) is 2.36. The molecule has 0 spiro atoms. The average Bonchev–Trinajstić information content (AvgIpc) is 3.75. The number of hydrogen-bond donors (Lipinski definition) is 4. The molecule has 0 aromatic carbocycles. The molecule has 0 fully saturated rings. The lowest BCUT2D eigenvalue weighted by Crippen LogP contribution is -2.30. The van der Waals surface area contributed by atoms with Crippen molar-refractivity contribution in [3.05, 3.63) is 122 Å². The molecule has 522 valence electrons. The van der Waals surface area contributed by atoms with Crippen molar-refractivity contribution < 1.29 is 75.8 Å². The molecule has 0 aromatic rings. The van der Waals surface area contributed by atoms with Crippen LogP contribution in [0.25, 0.3) is 0 Å². The predicted octanol–water partition coefficient (Wildman–Crippen LogP) is 19.4. The second kappa shape index (κ2) is 66.0. The first kappa shape index (κ1) is 87.0. The highest BCUT2D eigenvalue weighted by molar-refractivity contribution is 7.47. The summed E-state index contributed by atoms with van der Waals surface area (Å²) < 4.78 is 60.8. The van der Waals surface area contributed by atoms with Crippen LogP contribution in [-0.2, 0) is 55.8 Å². The Bertz CT molecular complexity index is 2140. The van der Waals surface area contributed by atoms with Crippen molar-refractivity contribution in [1.29, 1.82) is 0 Å². The van der Waals surface area contributed by atoms with E-state index in [0.717, 1.165) is 122 Å². The number of ether oxygens (including phenoxy) is 3. The van der Waals surface area contributed by atoms with E-state index in [-0.39, 0.29) is 19.3 Å². The largest absolute Gasteiger partial charge is 0.472 e. The minimum absolute atomic E-state index is 0.0917. The standard InChI is InChI=1S/C73H124O16P2/c1-4-7-10-13-16-19-22-25-27-29-30-31-32-33-34-35-36-38-40-42-44-47-50-53-56-59-71(76)83-62-68(74)63-85-90(79,80)86-64-69(75)65-87-91(81,82)88-67-70(89-73(78)61-58-55-52-49-46-41-24-21-18-15-12-9-6-3)66-84-72(77)60-57-54-51-48-45-43-39-37-28-26-23-20-17-14-11-8-5-2/h7-8,10-11,16-17,19-20,25-28,30-31,33-34,39,43,48,51,68-70,74-75H,4-6,9,12-15,18,21-24,29,32,35-38,40-42,44-47,49-50,52-67H2,1-3H3,(H,79,80)(H,81,82)/b10-7-,11-8-,19-16-,20-17-,27-25-,28-26-,31-30-,34-33-,43-39-,51-48-. The SMILES string of the molecule is CC/C=C\C/C=C\C/C=C\C/C=C\C/C=C\CCCCCCCCCCCC(=O)OCC(O)COP(=O)(O)OCC(O)COP(=O)(O)OCC(COC(=O)CCC/C=C\C/C=C\C/C=C\C/C=C\C/C=C\CC)OC(=O)CCCCCCCCCCCCCCC. The molecule has 18 heteroatoms. The maximum absolute atomic E-state index is 12.9. The van der Waals surface area contributed by atoms with Crippen LogP contribution in [0.5, 0.6) is 0 Å². The predicted molar refractivity (Wildman–Crippen MR) is 371 cm³/mol. The molecule has 16 nitrogen and oxygen atoms in total. The number of carbonyl (C=O) groups excluding carboxylic acids is 3. The fourth-order valence-corrected chi connectivity index (χ4v) is 10.5. The van der Waals surface area contributed by atoms with Crippen molar-refractivity contribution in [2.24, 2.45) is 0 Å². The van der Waals surface area contributed by atoms with Crippen LogP contribution in [0.1, 0.15) is 265 Å². The van der Waals surface area contributed by atoms with Crippen molar-refractivity contribution in [2.75, 3.05) is 39.6 Å². The molecule has 0 radical (unpaired) electrons. The van der Waals surface area contributed by atoms with Gasteiger partial charge in [-0.2, -0.15) is 0 Å². The van der Waals surface area contributed by atoms with Crippen LogP contribution in [-0.4, -0.2) is 95.9 Å². The molecule has 4 N–H and O–H groups in total. The third kappa shape index (κ3) is 67.2. The molecular weight excluding hydrogens is 1190 g/mol. The number of allylic oxidation sites excluding steroid dienone is 20. The molecule has 5 atom stereocenters. The van der Waals surface area contributed by atoms with E-state index in [0.29, 0.717) is 25.7 Å². The zero-order valence-corrected chi connectivity index (χ0v) is 58.3. The Hall–Kier alpha value is -4.05. The summed E-state index contributed by atoms with van der Waals surface area (Å²) in [5.41, 5.74) is 0.